The maximum atomic E-state index is 12.6. The highest BCUT2D eigenvalue weighted by Gasteiger charge is 2.32. The number of carbonyl (C=O) groups excluding carboxylic acids is 1. The Morgan fingerprint density at radius 2 is 2.15 bits per heavy atom. The molecule has 1 heterocycles. The second-order valence-corrected chi connectivity index (χ2v) is 5.16. The molecule has 6 heteroatoms. The van der Waals surface area contributed by atoms with E-state index in [1.54, 1.807) is 0 Å². The summed E-state index contributed by atoms with van der Waals surface area (Å²) < 4.78 is 37.8. The van der Waals surface area contributed by atoms with Gasteiger partial charge in [0.15, 0.2) is 0 Å². The molecule has 1 aromatic carbocycles. The quantitative estimate of drug-likeness (QED) is 0.906. The maximum absolute atomic E-state index is 12.6. The summed E-state index contributed by atoms with van der Waals surface area (Å²) in [5.41, 5.74) is -0.421. The number of rotatable bonds is 2. The number of β-amino-alcohol motifs (C(OH)–C–C–N with tert-alkyl or cyclic N) is 1. The Bertz CT molecular complexity index is 501. The molecular formula is C14H16F3NO2. The number of benzene rings is 1. The second-order valence-electron chi connectivity index (χ2n) is 5.16. The Morgan fingerprint density at radius 3 is 2.70 bits per heavy atom. The summed E-state index contributed by atoms with van der Waals surface area (Å²) in [6.45, 7) is 2.07. The summed E-state index contributed by atoms with van der Waals surface area (Å²) in [6, 6.07) is 4.70. The van der Waals surface area contributed by atoms with Gasteiger partial charge in [-0.1, -0.05) is 18.2 Å². The largest absolute Gasteiger partial charge is 0.416 e. The topological polar surface area (TPSA) is 40.5 Å². The van der Waals surface area contributed by atoms with E-state index in [-0.39, 0.29) is 24.9 Å². The highest BCUT2D eigenvalue weighted by atomic mass is 19.4. The molecule has 0 radical (unpaired) electrons. The molecule has 1 N–H and O–H groups in total. The van der Waals surface area contributed by atoms with Crippen molar-refractivity contribution in [2.24, 2.45) is 0 Å². The number of likely N-dealkylation sites (tertiary alicyclic amines) is 1. The third kappa shape index (κ3) is 3.30. The van der Waals surface area contributed by atoms with Gasteiger partial charge in [0.2, 0.25) is 5.91 Å². The van der Waals surface area contributed by atoms with Gasteiger partial charge in [-0.05, 0) is 25.0 Å². The zero-order valence-electron chi connectivity index (χ0n) is 11.0. The fourth-order valence-corrected chi connectivity index (χ4v) is 2.48. The Kier molecular flexibility index (Phi) is 4.04. The van der Waals surface area contributed by atoms with E-state index in [1.807, 2.05) is 6.92 Å². The van der Waals surface area contributed by atoms with Gasteiger partial charge in [-0.2, -0.15) is 13.2 Å². The van der Waals surface area contributed by atoms with Gasteiger partial charge in [0.1, 0.15) is 0 Å². The number of aliphatic hydroxyl groups excluding tert-OH is 1. The molecule has 1 aliphatic heterocycles. The van der Waals surface area contributed by atoms with Gasteiger partial charge in [-0.25, -0.2) is 0 Å². The number of amides is 1. The highest BCUT2D eigenvalue weighted by Crippen LogP contribution is 2.29. The Morgan fingerprint density at radius 1 is 1.45 bits per heavy atom. The van der Waals surface area contributed by atoms with Crippen LogP contribution in [0.3, 0.4) is 0 Å². The highest BCUT2D eigenvalue weighted by molar-refractivity contribution is 5.79. The van der Waals surface area contributed by atoms with E-state index in [0.29, 0.717) is 12.0 Å². The van der Waals surface area contributed by atoms with Crippen molar-refractivity contribution in [3.05, 3.63) is 35.4 Å². The summed E-state index contributed by atoms with van der Waals surface area (Å²) in [6.07, 6.45) is -4.53. The van der Waals surface area contributed by atoms with E-state index in [9.17, 15) is 23.1 Å². The van der Waals surface area contributed by atoms with Gasteiger partial charge in [0.05, 0.1) is 18.1 Å². The lowest BCUT2D eigenvalue weighted by Crippen LogP contribution is -2.35. The Hall–Kier alpha value is -1.56. The van der Waals surface area contributed by atoms with Crippen LogP contribution in [0, 0.1) is 0 Å². The van der Waals surface area contributed by atoms with Gasteiger partial charge in [-0.15, -0.1) is 0 Å². The first-order chi connectivity index (χ1) is 9.27. The first kappa shape index (κ1) is 14.8. The molecule has 20 heavy (non-hydrogen) atoms. The number of hydrogen-bond donors (Lipinski definition) is 1. The predicted octanol–water partition coefficient (Wildman–Crippen LogP) is 2.23. The van der Waals surface area contributed by atoms with Crippen LogP contribution in [0.25, 0.3) is 0 Å². The molecule has 0 spiro atoms. The standard InChI is InChI=1S/C14H16F3NO2/c1-9-5-12(19)8-18(9)13(20)7-10-3-2-4-11(6-10)14(15,16)17/h2-4,6,9,12,19H,5,7-8H2,1H3/t9-,12+/m1/s1. The minimum absolute atomic E-state index is 0.0803. The van der Waals surface area contributed by atoms with E-state index in [0.717, 1.165) is 12.1 Å². The summed E-state index contributed by atoms with van der Waals surface area (Å²) in [7, 11) is 0. The van der Waals surface area contributed by atoms with Gasteiger partial charge < -0.3 is 10.0 Å². The molecule has 1 saturated heterocycles. The number of nitrogens with zero attached hydrogens (tertiary/aromatic N) is 1. The lowest BCUT2D eigenvalue weighted by atomic mass is 10.1. The Labute approximate surface area is 115 Å². The second kappa shape index (κ2) is 5.44. The van der Waals surface area contributed by atoms with E-state index >= 15 is 0 Å². The number of halogens is 3. The van der Waals surface area contributed by atoms with E-state index in [4.69, 9.17) is 0 Å². The van der Waals surface area contributed by atoms with Crippen LogP contribution in [0.4, 0.5) is 13.2 Å². The van der Waals surface area contributed by atoms with E-state index in [1.165, 1.54) is 17.0 Å². The molecule has 1 amide bonds. The summed E-state index contributed by atoms with van der Waals surface area (Å²) in [5.74, 6) is -0.256. The van der Waals surface area contributed by atoms with Crippen LogP contribution in [-0.2, 0) is 17.4 Å². The van der Waals surface area contributed by atoms with Crippen LogP contribution in [-0.4, -0.2) is 34.6 Å². The summed E-state index contributed by atoms with van der Waals surface area (Å²) >= 11 is 0. The normalized spacial score (nSPS) is 23.1. The fourth-order valence-electron chi connectivity index (χ4n) is 2.48. The van der Waals surface area contributed by atoms with Crippen molar-refractivity contribution in [1.82, 2.24) is 4.90 Å². The predicted molar refractivity (Wildman–Crippen MR) is 66.9 cm³/mol. The number of aliphatic hydroxyl groups is 1. The van der Waals surface area contributed by atoms with Crippen LogP contribution in [0.5, 0.6) is 0 Å². The fraction of sp³-hybridized carbons (Fsp3) is 0.500. The maximum Gasteiger partial charge on any atom is 0.416 e. The van der Waals surface area contributed by atoms with Crippen molar-refractivity contribution in [3.63, 3.8) is 0 Å². The first-order valence-corrected chi connectivity index (χ1v) is 6.41. The molecule has 1 aliphatic rings. The average molecular weight is 287 g/mol. The Balaban J connectivity index is 2.09. The third-order valence-electron chi connectivity index (χ3n) is 3.48. The van der Waals surface area contributed by atoms with Gasteiger partial charge in [0, 0.05) is 12.6 Å². The minimum atomic E-state index is -4.41. The molecule has 0 aromatic heterocycles. The minimum Gasteiger partial charge on any atom is -0.391 e. The van der Waals surface area contributed by atoms with Crippen molar-refractivity contribution in [3.8, 4) is 0 Å². The molecule has 0 bridgehead atoms. The molecule has 2 rings (SSSR count). The average Bonchev–Trinajstić information content (AvgIpc) is 2.68. The molecule has 3 nitrogen and oxygen atoms in total. The number of hydrogen-bond acceptors (Lipinski definition) is 2. The smallest absolute Gasteiger partial charge is 0.391 e. The molecule has 2 atom stereocenters. The molecule has 1 aromatic rings. The van der Waals surface area contributed by atoms with E-state index < -0.39 is 17.8 Å². The number of carbonyl (C=O) groups is 1. The molecule has 110 valence electrons. The lowest BCUT2D eigenvalue weighted by molar-refractivity contribution is -0.138. The molecule has 0 saturated carbocycles. The van der Waals surface area contributed by atoms with Crippen LogP contribution in [0.15, 0.2) is 24.3 Å². The van der Waals surface area contributed by atoms with E-state index in [2.05, 4.69) is 0 Å². The van der Waals surface area contributed by atoms with Crippen LogP contribution < -0.4 is 0 Å². The molecular weight excluding hydrogens is 271 g/mol. The van der Waals surface area contributed by atoms with Crippen LogP contribution in [0.2, 0.25) is 0 Å². The third-order valence-corrected chi connectivity index (χ3v) is 3.48. The molecule has 1 fully saturated rings. The van der Waals surface area contributed by atoms with Crippen molar-refractivity contribution in [2.45, 2.75) is 38.1 Å². The first-order valence-electron chi connectivity index (χ1n) is 6.41. The van der Waals surface area contributed by atoms with Crippen LogP contribution >= 0.6 is 0 Å². The van der Waals surface area contributed by atoms with Gasteiger partial charge >= 0.3 is 6.18 Å². The monoisotopic (exact) mass is 287 g/mol. The van der Waals surface area contributed by atoms with Gasteiger partial charge in [0.25, 0.3) is 0 Å². The van der Waals surface area contributed by atoms with Gasteiger partial charge in [-0.3, -0.25) is 4.79 Å². The summed E-state index contributed by atoms with van der Waals surface area (Å²) in [4.78, 5) is 13.6. The van der Waals surface area contributed by atoms with Crippen LogP contribution in [0.1, 0.15) is 24.5 Å². The SMILES string of the molecule is C[C@@H]1C[C@H](O)CN1C(=O)Cc1cccc(C(F)(F)F)c1. The summed E-state index contributed by atoms with van der Waals surface area (Å²) in [5, 5.41) is 9.49. The lowest BCUT2D eigenvalue weighted by Gasteiger charge is -2.21. The number of alkyl halides is 3. The zero-order valence-corrected chi connectivity index (χ0v) is 11.0. The molecule has 0 aliphatic carbocycles. The van der Waals surface area contributed by atoms with Crippen molar-refractivity contribution in [1.29, 1.82) is 0 Å². The van der Waals surface area contributed by atoms with Crippen molar-refractivity contribution < 1.29 is 23.1 Å². The zero-order chi connectivity index (χ0) is 14.9. The molecule has 0 unspecified atom stereocenters. The van der Waals surface area contributed by atoms with Crippen molar-refractivity contribution >= 4 is 5.91 Å². The van der Waals surface area contributed by atoms with Crippen molar-refractivity contribution in [2.75, 3.05) is 6.54 Å².